The van der Waals surface area contributed by atoms with Crippen LogP contribution in [-0.2, 0) is 11.3 Å². The molecule has 0 fully saturated rings. The molecule has 0 aliphatic heterocycles. The molecule has 0 atom stereocenters. The summed E-state index contributed by atoms with van der Waals surface area (Å²) in [5.74, 6) is -0.415. The lowest BCUT2D eigenvalue weighted by Gasteiger charge is -2.00. The lowest BCUT2D eigenvalue weighted by Crippen LogP contribution is -2.23. The van der Waals surface area contributed by atoms with Crippen LogP contribution in [0.25, 0.3) is 11.1 Å². The van der Waals surface area contributed by atoms with Gasteiger partial charge in [0.2, 0.25) is 5.91 Å². The van der Waals surface area contributed by atoms with Crippen molar-refractivity contribution >= 4 is 28.6 Å². The van der Waals surface area contributed by atoms with Crippen molar-refractivity contribution in [2.24, 2.45) is 0 Å². The lowest BCUT2D eigenvalue weighted by molar-refractivity contribution is -0.121. The number of nitrogens with one attached hydrogen (secondary N) is 2. The summed E-state index contributed by atoms with van der Waals surface area (Å²) in [6.45, 7) is 1.95. The molecule has 0 spiro atoms. The molecule has 0 saturated carbocycles. The van der Waals surface area contributed by atoms with Gasteiger partial charge in [0.05, 0.1) is 11.9 Å². The van der Waals surface area contributed by atoms with E-state index in [1.165, 1.54) is 10.9 Å². The summed E-state index contributed by atoms with van der Waals surface area (Å²) < 4.78 is 6.91. The molecule has 23 heavy (non-hydrogen) atoms. The normalized spacial score (nSPS) is 10.7. The average molecular weight is 313 g/mol. The van der Waals surface area contributed by atoms with Crippen LogP contribution in [-0.4, -0.2) is 33.6 Å². The van der Waals surface area contributed by atoms with Crippen molar-refractivity contribution in [3.05, 3.63) is 42.0 Å². The summed E-state index contributed by atoms with van der Waals surface area (Å²) in [5, 5.41) is 9.17. The van der Waals surface area contributed by atoms with Crippen molar-refractivity contribution in [2.45, 2.75) is 13.5 Å². The number of pyridine rings is 1. The minimum absolute atomic E-state index is 0.0835. The number of furan rings is 1. The number of carbonyl (C=O) groups excluding carboxylic acids is 2. The molecule has 0 unspecified atom stereocenters. The molecule has 3 heterocycles. The standard InChI is InChI=1S/C15H15N5O3/c1-9-3-4-12-11(18-9)5-13(23-12)15(22)19-10-6-17-20(7-10)8-14(21)16-2/h3-7H,8H2,1-2H3,(H,16,21)(H,19,22). The molecule has 3 rings (SSSR count). The monoisotopic (exact) mass is 313 g/mol. The number of hydrogen-bond acceptors (Lipinski definition) is 5. The van der Waals surface area contributed by atoms with Gasteiger partial charge in [-0.15, -0.1) is 0 Å². The summed E-state index contributed by atoms with van der Waals surface area (Å²) in [6, 6.07) is 5.18. The zero-order valence-electron chi connectivity index (χ0n) is 12.7. The van der Waals surface area contributed by atoms with Crippen LogP contribution in [0.15, 0.2) is 35.0 Å². The van der Waals surface area contributed by atoms with Gasteiger partial charge in [-0.25, -0.2) is 4.98 Å². The average Bonchev–Trinajstić information content (AvgIpc) is 3.13. The topological polar surface area (TPSA) is 102 Å². The highest BCUT2D eigenvalue weighted by molar-refractivity contribution is 6.04. The van der Waals surface area contributed by atoms with Crippen molar-refractivity contribution in [1.82, 2.24) is 20.1 Å². The van der Waals surface area contributed by atoms with E-state index in [0.29, 0.717) is 16.8 Å². The second kappa shape index (κ2) is 5.91. The van der Waals surface area contributed by atoms with Gasteiger partial charge in [-0.3, -0.25) is 14.3 Å². The Morgan fingerprint density at radius 3 is 2.96 bits per heavy atom. The first-order valence-corrected chi connectivity index (χ1v) is 6.97. The van der Waals surface area contributed by atoms with Crippen LogP contribution in [0.2, 0.25) is 0 Å². The number of nitrogens with zero attached hydrogens (tertiary/aromatic N) is 3. The fourth-order valence-electron chi connectivity index (χ4n) is 2.07. The summed E-state index contributed by atoms with van der Waals surface area (Å²) in [5.41, 5.74) is 2.51. The molecule has 2 N–H and O–H groups in total. The highest BCUT2D eigenvalue weighted by atomic mass is 16.3. The smallest absolute Gasteiger partial charge is 0.291 e. The Labute approximate surface area is 131 Å². The van der Waals surface area contributed by atoms with Crippen LogP contribution in [0.3, 0.4) is 0 Å². The molecule has 3 aromatic rings. The van der Waals surface area contributed by atoms with E-state index in [1.807, 2.05) is 13.0 Å². The van der Waals surface area contributed by atoms with Crippen molar-refractivity contribution in [2.75, 3.05) is 12.4 Å². The van der Waals surface area contributed by atoms with E-state index < -0.39 is 5.91 Å². The number of anilines is 1. The minimum Gasteiger partial charge on any atom is -0.449 e. The Hall–Kier alpha value is -3.16. The van der Waals surface area contributed by atoms with Crippen LogP contribution in [0, 0.1) is 6.92 Å². The molecular weight excluding hydrogens is 298 g/mol. The van der Waals surface area contributed by atoms with Gasteiger partial charge < -0.3 is 15.1 Å². The number of aromatic nitrogens is 3. The van der Waals surface area contributed by atoms with E-state index in [9.17, 15) is 9.59 Å². The summed E-state index contributed by atoms with van der Waals surface area (Å²) in [4.78, 5) is 27.8. The van der Waals surface area contributed by atoms with Crippen LogP contribution in [0.5, 0.6) is 0 Å². The van der Waals surface area contributed by atoms with Gasteiger partial charge in [-0.05, 0) is 19.1 Å². The fraction of sp³-hybridized carbons (Fsp3) is 0.200. The number of fused-ring (bicyclic) bond motifs is 1. The summed E-state index contributed by atoms with van der Waals surface area (Å²) in [7, 11) is 1.55. The van der Waals surface area contributed by atoms with E-state index >= 15 is 0 Å². The minimum atomic E-state index is -0.403. The predicted molar refractivity (Wildman–Crippen MR) is 83.0 cm³/mol. The Balaban J connectivity index is 1.74. The fourth-order valence-corrected chi connectivity index (χ4v) is 2.07. The number of aryl methyl sites for hydroxylation is 1. The maximum Gasteiger partial charge on any atom is 0.291 e. The first kappa shape index (κ1) is 14.8. The highest BCUT2D eigenvalue weighted by Crippen LogP contribution is 2.19. The van der Waals surface area contributed by atoms with Gasteiger partial charge in [0.25, 0.3) is 5.91 Å². The zero-order chi connectivity index (χ0) is 16.4. The largest absolute Gasteiger partial charge is 0.449 e. The molecule has 0 saturated heterocycles. The lowest BCUT2D eigenvalue weighted by atomic mass is 10.3. The molecule has 118 valence electrons. The summed E-state index contributed by atoms with van der Waals surface area (Å²) in [6.07, 6.45) is 3.03. The van der Waals surface area contributed by atoms with Gasteiger partial charge in [0, 0.05) is 25.0 Å². The molecule has 8 heteroatoms. The Morgan fingerprint density at radius 1 is 1.35 bits per heavy atom. The third-order valence-corrected chi connectivity index (χ3v) is 3.21. The Bertz CT molecular complexity index is 880. The molecule has 0 aliphatic carbocycles. The first-order chi connectivity index (χ1) is 11.0. The van der Waals surface area contributed by atoms with Crippen LogP contribution >= 0.6 is 0 Å². The van der Waals surface area contributed by atoms with Crippen molar-refractivity contribution in [3.63, 3.8) is 0 Å². The van der Waals surface area contributed by atoms with E-state index in [1.54, 1.807) is 25.4 Å². The molecule has 3 aromatic heterocycles. The van der Waals surface area contributed by atoms with Gasteiger partial charge in [-0.1, -0.05) is 0 Å². The van der Waals surface area contributed by atoms with E-state index in [0.717, 1.165) is 5.69 Å². The van der Waals surface area contributed by atoms with Crippen LogP contribution < -0.4 is 10.6 Å². The van der Waals surface area contributed by atoms with Crippen LogP contribution in [0.4, 0.5) is 5.69 Å². The van der Waals surface area contributed by atoms with Gasteiger partial charge in [0.1, 0.15) is 12.1 Å². The zero-order valence-corrected chi connectivity index (χ0v) is 12.7. The van der Waals surface area contributed by atoms with E-state index in [4.69, 9.17) is 4.42 Å². The molecule has 0 bridgehead atoms. The number of carbonyl (C=O) groups is 2. The molecule has 0 radical (unpaired) electrons. The molecule has 0 aromatic carbocycles. The number of amides is 2. The Kier molecular flexibility index (Phi) is 3.80. The van der Waals surface area contributed by atoms with E-state index in [-0.39, 0.29) is 18.2 Å². The molecular formula is C15H15N5O3. The number of hydrogen-bond donors (Lipinski definition) is 2. The molecule has 2 amide bonds. The molecule has 0 aliphatic rings. The number of likely N-dealkylation sites (N-methyl/N-ethyl adjacent to an activating group) is 1. The van der Waals surface area contributed by atoms with Crippen molar-refractivity contribution in [3.8, 4) is 0 Å². The second-order valence-electron chi connectivity index (χ2n) is 5.00. The third-order valence-electron chi connectivity index (χ3n) is 3.21. The maximum atomic E-state index is 12.2. The quantitative estimate of drug-likeness (QED) is 0.756. The first-order valence-electron chi connectivity index (χ1n) is 6.97. The van der Waals surface area contributed by atoms with Gasteiger partial charge in [0.15, 0.2) is 11.3 Å². The van der Waals surface area contributed by atoms with Gasteiger partial charge in [-0.2, -0.15) is 5.10 Å². The van der Waals surface area contributed by atoms with E-state index in [2.05, 4.69) is 20.7 Å². The number of rotatable bonds is 4. The second-order valence-corrected chi connectivity index (χ2v) is 5.00. The highest BCUT2D eigenvalue weighted by Gasteiger charge is 2.14. The Morgan fingerprint density at radius 2 is 2.17 bits per heavy atom. The van der Waals surface area contributed by atoms with Gasteiger partial charge >= 0.3 is 0 Å². The van der Waals surface area contributed by atoms with Crippen molar-refractivity contribution < 1.29 is 14.0 Å². The SMILES string of the molecule is CNC(=O)Cn1cc(NC(=O)c2cc3nc(C)ccc3o2)cn1. The molecule has 8 nitrogen and oxygen atoms in total. The predicted octanol–water partition coefficient (Wildman–Crippen LogP) is 1.33. The van der Waals surface area contributed by atoms with Crippen LogP contribution in [0.1, 0.15) is 16.2 Å². The summed E-state index contributed by atoms with van der Waals surface area (Å²) >= 11 is 0. The maximum absolute atomic E-state index is 12.2. The van der Waals surface area contributed by atoms with Crippen molar-refractivity contribution in [1.29, 1.82) is 0 Å². The third kappa shape index (κ3) is 3.20.